The molecule has 1 aliphatic heterocycles. The molecular formula is C12H22N2O. The molecule has 0 atom stereocenters. The zero-order valence-electron chi connectivity index (χ0n) is 10.0. The van der Waals surface area contributed by atoms with E-state index in [1.54, 1.807) is 0 Å². The maximum Gasteiger partial charge on any atom is 0.222 e. The Kier molecular flexibility index (Phi) is 4.18. The van der Waals surface area contributed by atoms with Gasteiger partial charge in [0.25, 0.3) is 0 Å². The lowest BCUT2D eigenvalue weighted by Crippen LogP contribution is -2.45. The van der Waals surface area contributed by atoms with Crippen molar-refractivity contribution in [2.24, 2.45) is 5.92 Å². The van der Waals surface area contributed by atoms with Gasteiger partial charge in [-0.1, -0.05) is 20.4 Å². The van der Waals surface area contributed by atoms with E-state index in [9.17, 15) is 4.79 Å². The number of piperidine rings is 1. The minimum atomic E-state index is 0.0872. The first-order valence-corrected chi connectivity index (χ1v) is 5.71. The van der Waals surface area contributed by atoms with Crippen molar-refractivity contribution in [2.75, 3.05) is 13.1 Å². The van der Waals surface area contributed by atoms with Gasteiger partial charge in [0, 0.05) is 30.7 Å². The van der Waals surface area contributed by atoms with Crippen LogP contribution in [-0.2, 0) is 4.79 Å². The van der Waals surface area contributed by atoms with E-state index < -0.39 is 0 Å². The molecule has 0 radical (unpaired) electrons. The molecule has 1 saturated heterocycles. The smallest absolute Gasteiger partial charge is 0.222 e. The van der Waals surface area contributed by atoms with Crippen molar-refractivity contribution < 1.29 is 4.79 Å². The number of amides is 1. The maximum absolute atomic E-state index is 11.5. The molecule has 3 heteroatoms. The van der Waals surface area contributed by atoms with Crippen molar-refractivity contribution in [1.82, 2.24) is 10.2 Å². The fourth-order valence-corrected chi connectivity index (χ4v) is 1.77. The topological polar surface area (TPSA) is 32.3 Å². The Balaban J connectivity index is 2.32. The number of nitrogens with one attached hydrogen (secondary N) is 1. The summed E-state index contributed by atoms with van der Waals surface area (Å²) in [6.45, 7) is 11.8. The zero-order chi connectivity index (χ0) is 11.4. The van der Waals surface area contributed by atoms with Crippen LogP contribution in [0.4, 0.5) is 0 Å². The quantitative estimate of drug-likeness (QED) is 0.770. The van der Waals surface area contributed by atoms with Crippen molar-refractivity contribution in [1.29, 1.82) is 0 Å². The molecule has 1 fully saturated rings. The Labute approximate surface area is 92.5 Å². The van der Waals surface area contributed by atoms with Crippen LogP contribution in [0.1, 0.15) is 33.6 Å². The second kappa shape index (κ2) is 5.19. The number of hydrogen-bond acceptors (Lipinski definition) is 2. The van der Waals surface area contributed by atoms with Gasteiger partial charge in [-0.15, -0.1) is 0 Å². The number of rotatable bonds is 3. The van der Waals surface area contributed by atoms with E-state index in [2.05, 4.69) is 16.8 Å². The van der Waals surface area contributed by atoms with Gasteiger partial charge in [0.1, 0.15) is 0 Å². The Morgan fingerprint density at radius 3 is 2.33 bits per heavy atom. The summed E-state index contributed by atoms with van der Waals surface area (Å²) >= 11 is 0. The molecule has 86 valence electrons. The number of likely N-dealkylation sites (tertiary alicyclic amines) is 1. The molecule has 0 saturated carbocycles. The van der Waals surface area contributed by atoms with Gasteiger partial charge in [0.15, 0.2) is 0 Å². The number of allylic oxidation sites excluding steroid dienone is 1. The highest BCUT2D eigenvalue weighted by atomic mass is 16.1. The molecule has 0 aromatic rings. The van der Waals surface area contributed by atoms with Crippen molar-refractivity contribution in [3.8, 4) is 0 Å². The molecule has 0 bridgehead atoms. The van der Waals surface area contributed by atoms with Gasteiger partial charge in [-0.3, -0.25) is 4.79 Å². The molecule has 15 heavy (non-hydrogen) atoms. The first-order valence-electron chi connectivity index (χ1n) is 5.71. The lowest BCUT2D eigenvalue weighted by molar-refractivity contribution is -0.125. The van der Waals surface area contributed by atoms with E-state index >= 15 is 0 Å². The lowest BCUT2D eigenvalue weighted by Gasteiger charge is -2.34. The summed E-state index contributed by atoms with van der Waals surface area (Å²) in [4.78, 5) is 13.8. The number of nitrogens with zero attached hydrogens (tertiary/aromatic N) is 1. The minimum absolute atomic E-state index is 0.0872. The van der Waals surface area contributed by atoms with Gasteiger partial charge in [-0.2, -0.15) is 0 Å². The summed E-state index contributed by atoms with van der Waals surface area (Å²) in [7, 11) is 0. The van der Waals surface area contributed by atoms with Gasteiger partial charge in [0.05, 0.1) is 0 Å². The Hall–Kier alpha value is -0.990. The highest BCUT2D eigenvalue weighted by Crippen LogP contribution is 2.14. The fourth-order valence-electron chi connectivity index (χ4n) is 1.77. The molecule has 0 aromatic heterocycles. The fraction of sp³-hybridized carbons (Fsp3) is 0.750. The Morgan fingerprint density at radius 1 is 1.40 bits per heavy atom. The third-order valence-corrected chi connectivity index (χ3v) is 2.91. The summed E-state index contributed by atoms with van der Waals surface area (Å²) < 4.78 is 0. The van der Waals surface area contributed by atoms with Crippen LogP contribution in [0.25, 0.3) is 0 Å². The molecule has 0 aliphatic carbocycles. The normalized spacial score (nSPS) is 18.0. The molecular weight excluding hydrogens is 188 g/mol. The molecule has 1 aliphatic rings. The second-order valence-corrected chi connectivity index (χ2v) is 4.66. The van der Waals surface area contributed by atoms with Gasteiger partial charge >= 0.3 is 0 Å². The first-order chi connectivity index (χ1) is 7.00. The molecule has 1 heterocycles. The van der Waals surface area contributed by atoms with Crippen LogP contribution < -0.4 is 5.32 Å². The van der Waals surface area contributed by atoms with E-state index in [-0.39, 0.29) is 11.8 Å². The summed E-state index contributed by atoms with van der Waals surface area (Å²) in [5.74, 6) is 0.257. The third kappa shape index (κ3) is 3.57. The van der Waals surface area contributed by atoms with E-state index in [1.165, 1.54) is 0 Å². The van der Waals surface area contributed by atoms with E-state index in [4.69, 9.17) is 0 Å². The zero-order valence-corrected chi connectivity index (χ0v) is 10.0. The van der Waals surface area contributed by atoms with Gasteiger partial charge in [-0.05, 0) is 19.8 Å². The summed E-state index contributed by atoms with van der Waals surface area (Å²) in [6, 6.07) is 0.357. The molecule has 0 aromatic carbocycles. The predicted molar refractivity (Wildman–Crippen MR) is 62.4 cm³/mol. The standard InChI is InChI=1S/C12H22N2O/c1-9(2)12(15)13-11-5-7-14(8-6-11)10(3)4/h9,11H,3,5-8H2,1-2,4H3,(H,13,15). The molecule has 0 spiro atoms. The average Bonchev–Trinajstić information content (AvgIpc) is 2.18. The summed E-state index contributed by atoms with van der Waals surface area (Å²) in [5.41, 5.74) is 1.13. The van der Waals surface area contributed by atoms with Crippen molar-refractivity contribution in [3.05, 3.63) is 12.3 Å². The van der Waals surface area contributed by atoms with Crippen molar-refractivity contribution >= 4 is 5.91 Å². The summed E-state index contributed by atoms with van der Waals surface area (Å²) in [5, 5.41) is 3.08. The van der Waals surface area contributed by atoms with Crippen molar-refractivity contribution in [2.45, 2.75) is 39.7 Å². The van der Waals surface area contributed by atoms with Crippen LogP contribution in [0.5, 0.6) is 0 Å². The van der Waals surface area contributed by atoms with E-state index in [0.29, 0.717) is 6.04 Å². The summed E-state index contributed by atoms with van der Waals surface area (Å²) in [6.07, 6.45) is 2.07. The monoisotopic (exact) mass is 210 g/mol. The third-order valence-electron chi connectivity index (χ3n) is 2.91. The predicted octanol–water partition coefficient (Wildman–Crippen LogP) is 1.76. The molecule has 1 N–H and O–H groups in total. The average molecular weight is 210 g/mol. The Bertz CT molecular complexity index is 240. The van der Waals surface area contributed by atoms with Crippen molar-refractivity contribution in [3.63, 3.8) is 0 Å². The Morgan fingerprint density at radius 2 is 1.93 bits per heavy atom. The van der Waals surface area contributed by atoms with Gasteiger partial charge < -0.3 is 10.2 Å². The van der Waals surface area contributed by atoms with Crippen LogP contribution in [0.3, 0.4) is 0 Å². The van der Waals surface area contributed by atoms with Crippen LogP contribution in [0.2, 0.25) is 0 Å². The van der Waals surface area contributed by atoms with Crippen LogP contribution in [0.15, 0.2) is 12.3 Å². The maximum atomic E-state index is 11.5. The molecule has 3 nitrogen and oxygen atoms in total. The lowest BCUT2D eigenvalue weighted by atomic mass is 10.0. The molecule has 1 amide bonds. The van der Waals surface area contributed by atoms with E-state index in [0.717, 1.165) is 31.6 Å². The highest BCUT2D eigenvalue weighted by molar-refractivity contribution is 5.78. The van der Waals surface area contributed by atoms with E-state index in [1.807, 2.05) is 20.8 Å². The largest absolute Gasteiger partial charge is 0.375 e. The number of hydrogen-bond donors (Lipinski definition) is 1. The minimum Gasteiger partial charge on any atom is -0.375 e. The number of carbonyl (C=O) groups excluding carboxylic acids is 1. The van der Waals surface area contributed by atoms with Gasteiger partial charge in [-0.25, -0.2) is 0 Å². The van der Waals surface area contributed by atoms with Gasteiger partial charge in [0.2, 0.25) is 5.91 Å². The molecule has 0 unspecified atom stereocenters. The van der Waals surface area contributed by atoms with Crippen LogP contribution in [-0.4, -0.2) is 29.9 Å². The van der Waals surface area contributed by atoms with Crippen LogP contribution >= 0.6 is 0 Å². The second-order valence-electron chi connectivity index (χ2n) is 4.66. The number of carbonyl (C=O) groups is 1. The SMILES string of the molecule is C=C(C)N1CCC(NC(=O)C(C)C)CC1. The van der Waals surface area contributed by atoms with Crippen LogP contribution in [0, 0.1) is 5.92 Å². The highest BCUT2D eigenvalue weighted by Gasteiger charge is 2.20. The molecule has 1 rings (SSSR count). The first kappa shape index (κ1) is 12.1.